The molecule has 3 aromatic carbocycles. The monoisotopic (exact) mass is 635 g/mol. The smallest absolute Gasteiger partial charge is 0.237 e. The first-order valence-corrected chi connectivity index (χ1v) is 15.7. The summed E-state index contributed by atoms with van der Waals surface area (Å²) in [5.74, 6) is -1.44. The molecule has 45 heavy (non-hydrogen) atoms. The molecule has 0 amide bonds. The second kappa shape index (κ2) is 12.7. The summed E-state index contributed by atoms with van der Waals surface area (Å²) < 4.78 is 77.8. The van der Waals surface area contributed by atoms with Crippen molar-refractivity contribution < 1.29 is 26.3 Å². The van der Waals surface area contributed by atoms with Crippen molar-refractivity contribution in [3.63, 3.8) is 0 Å². The van der Waals surface area contributed by atoms with Gasteiger partial charge in [-0.1, -0.05) is 30.3 Å². The van der Waals surface area contributed by atoms with E-state index < -0.39 is 33.6 Å². The lowest BCUT2D eigenvalue weighted by molar-refractivity contribution is 0.254. The summed E-state index contributed by atoms with van der Waals surface area (Å²) in [7, 11) is -4.20. The van der Waals surface area contributed by atoms with Crippen molar-refractivity contribution in [1.29, 1.82) is 0 Å². The van der Waals surface area contributed by atoms with E-state index in [0.29, 0.717) is 53.4 Å². The summed E-state index contributed by atoms with van der Waals surface area (Å²) in [6.07, 6.45) is 3.73. The van der Waals surface area contributed by atoms with E-state index in [0.717, 1.165) is 12.1 Å². The van der Waals surface area contributed by atoms with Crippen LogP contribution in [0.4, 0.5) is 24.8 Å². The maximum atomic E-state index is 15.1. The van der Waals surface area contributed by atoms with Gasteiger partial charge >= 0.3 is 0 Å². The fraction of sp³-hybridized carbons (Fsp3) is 0.226. The third-order valence-electron chi connectivity index (χ3n) is 7.29. The van der Waals surface area contributed by atoms with E-state index in [1.807, 2.05) is 0 Å². The molecule has 14 heteroatoms. The van der Waals surface area contributed by atoms with Gasteiger partial charge in [0.2, 0.25) is 21.9 Å². The fourth-order valence-electron chi connectivity index (χ4n) is 5.14. The molecular weight excluding hydrogens is 607 g/mol. The lowest BCUT2D eigenvalue weighted by Gasteiger charge is -2.26. The standard InChI is InChI=1S/C31H28F3N7O3S/c1-18-6-7-22-23(8-9-26(34)28(22)41-45(42,43)16-19-4-2-3-5-25(19)33)29(18)44-30-24(15-36-17-38-30)27-10-11-37-31(40-27)39-21-12-20(32)13-35-14-21/h2-11,15,17,20-21,35,41H,12-14,16H2,1H3,(H,37,39,40)/t20-,21-/m0/s1. The Morgan fingerprint density at radius 3 is 2.64 bits per heavy atom. The van der Waals surface area contributed by atoms with Gasteiger partial charge in [-0.05, 0) is 36.8 Å². The van der Waals surface area contributed by atoms with Crippen LogP contribution < -0.4 is 20.1 Å². The van der Waals surface area contributed by atoms with E-state index in [1.54, 1.807) is 31.3 Å². The normalized spacial score (nSPS) is 16.8. The number of nitrogens with one attached hydrogen (secondary N) is 3. The summed E-state index contributed by atoms with van der Waals surface area (Å²) in [4.78, 5) is 17.3. The molecule has 5 aromatic rings. The number of ether oxygens (including phenoxy) is 1. The third kappa shape index (κ3) is 6.81. The first-order valence-electron chi connectivity index (χ1n) is 14.0. The Hall–Kier alpha value is -4.82. The van der Waals surface area contributed by atoms with Crippen LogP contribution in [0.3, 0.4) is 0 Å². The summed E-state index contributed by atoms with van der Waals surface area (Å²) in [5.41, 5.74) is 1.18. The molecule has 2 aromatic heterocycles. The van der Waals surface area contributed by atoms with Crippen LogP contribution >= 0.6 is 0 Å². The van der Waals surface area contributed by atoms with Crippen molar-refractivity contribution in [1.82, 2.24) is 25.3 Å². The number of nitrogens with zero attached hydrogens (tertiary/aromatic N) is 4. The fourth-order valence-corrected chi connectivity index (χ4v) is 6.38. The number of aryl methyl sites for hydroxylation is 1. The largest absolute Gasteiger partial charge is 0.437 e. The highest BCUT2D eigenvalue weighted by atomic mass is 32.2. The molecule has 2 atom stereocenters. The Balaban J connectivity index is 1.32. The molecule has 232 valence electrons. The number of hydrogen-bond donors (Lipinski definition) is 3. The van der Waals surface area contributed by atoms with Crippen molar-refractivity contribution in [2.24, 2.45) is 0 Å². The number of benzene rings is 3. The molecule has 0 unspecified atom stereocenters. The van der Waals surface area contributed by atoms with Crippen molar-refractivity contribution in [3.8, 4) is 22.9 Å². The van der Waals surface area contributed by atoms with E-state index in [4.69, 9.17) is 4.74 Å². The number of alkyl halides is 1. The Morgan fingerprint density at radius 2 is 1.82 bits per heavy atom. The number of halogens is 3. The number of hydrogen-bond acceptors (Lipinski definition) is 9. The predicted molar refractivity (Wildman–Crippen MR) is 164 cm³/mol. The second-order valence-electron chi connectivity index (χ2n) is 10.6. The lowest BCUT2D eigenvalue weighted by Crippen LogP contribution is -2.44. The minimum absolute atomic E-state index is 0.0492. The van der Waals surface area contributed by atoms with Gasteiger partial charge in [0, 0.05) is 54.3 Å². The molecule has 0 radical (unpaired) electrons. The number of aromatic nitrogens is 4. The lowest BCUT2D eigenvalue weighted by atomic mass is 10.0. The van der Waals surface area contributed by atoms with Gasteiger partial charge in [0.05, 0.1) is 22.7 Å². The van der Waals surface area contributed by atoms with Crippen LogP contribution in [0.2, 0.25) is 0 Å². The van der Waals surface area contributed by atoms with Crippen LogP contribution in [-0.4, -0.2) is 53.7 Å². The maximum absolute atomic E-state index is 15.1. The van der Waals surface area contributed by atoms with Crippen LogP contribution in [0.1, 0.15) is 17.5 Å². The van der Waals surface area contributed by atoms with Crippen molar-refractivity contribution in [3.05, 3.63) is 96.1 Å². The topological polar surface area (TPSA) is 131 Å². The van der Waals surface area contributed by atoms with Crippen LogP contribution in [0.5, 0.6) is 11.6 Å². The minimum atomic E-state index is -4.20. The average Bonchev–Trinajstić information content (AvgIpc) is 3.01. The molecule has 6 rings (SSSR count). The molecular formula is C31H28F3N7O3S. The van der Waals surface area contributed by atoms with E-state index in [2.05, 4.69) is 35.3 Å². The number of fused-ring (bicyclic) bond motifs is 1. The first kappa shape index (κ1) is 30.2. The average molecular weight is 636 g/mol. The van der Waals surface area contributed by atoms with E-state index in [-0.39, 0.29) is 28.6 Å². The van der Waals surface area contributed by atoms with Crippen LogP contribution in [-0.2, 0) is 15.8 Å². The molecule has 3 N–H and O–H groups in total. The summed E-state index contributed by atoms with van der Waals surface area (Å²) in [6, 6.07) is 12.8. The highest BCUT2D eigenvalue weighted by molar-refractivity contribution is 7.91. The van der Waals surface area contributed by atoms with Crippen LogP contribution in [0, 0.1) is 18.6 Å². The van der Waals surface area contributed by atoms with E-state index >= 15 is 4.39 Å². The molecule has 1 saturated heterocycles. The molecule has 0 saturated carbocycles. The van der Waals surface area contributed by atoms with Crippen molar-refractivity contribution in [2.45, 2.75) is 31.3 Å². The Kier molecular flexibility index (Phi) is 8.50. The van der Waals surface area contributed by atoms with Gasteiger partial charge in [-0.2, -0.15) is 0 Å². The third-order valence-corrected chi connectivity index (χ3v) is 8.50. The van der Waals surface area contributed by atoms with Gasteiger partial charge in [-0.3, -0.25) is 4.72 Å². The van der Waals surface area contributed by atoms with E-state index in [1.165, 1.54) is 36.8 Å². The van der Waals surface area contributed by atoms with Gasteiger partial charge in [-0.25, -0.2) is 41.5 Å². The molecule has 0 spiro atoms. The predicted octanol–water partition coefficient (Wildman–Crippen LogP) is 5.52. The van der Waals surface area contributed by atoms with Gasteiger partial charge in [0.1, 0.15) is 29.9 Å². The Labute approximate surface area is 257 Å². The van der Waals surface area contributed by atoms with Crippen LogP contribution in [0.25, 0.3) is 22.0 Å². The summed E-state index contributed by atoms with van der Waals surface area (Å²) >= 11 is 0. The molecule has 1 fully saturated rings. The number of rotatable bonds is 9. The number of piperidine rings is 1. The van der Waals surface area contributed by atoms with Crippen molar-refractivity contribution >= 4 is 32.4 Å². The van der Waals surface area contributed by atoms with Crippen molar-refractivity contribution in [2.75, 3.05) is 23.1 Å². The van der Waals surface area contributed by atoms with Crippen LogP contribution in [0.15, 0.2) is 73.3 Å². The quantitative estimate of drug-likeness (QED) is 0.192. The Morgan fingerprint density at radius 1 is 1.00 bits per heavy atom. The van der Waals surface area contributed by atoms with Gasteiger partial charge in [-0.15, -0.1) is 0 Å². The highest BCUT2D eigenvalue weighted by Crippen LogP contribution is 2.39. The van der Waals surface area contributed by atoms with Gasteiger partial charge < -0.3 is 15.4 Å². The molecule has 3 heterocycles. The number of sulfonamides is 1. The minimum Gasteiger partial charge on any atom is -0.437 e. The number of anilines is 2. The first-order chi connectivity index (χ1) is 21.7. The zero-order valence-electron chi connectivity index (χ0n) is 24.0. The maximum Gasteiger partial charge on any atom is 0.237 e. The molecule has 10 nitrogen and oxygen atoms in total. The molecule has 0 bridgehead atoms. The Bertz CT molecular complexity index is 1980. The van der Waals surface area contributed by atoms with Gasteiger partial charge in [0.15, 0.2) is 0 Å². The SMILES string of the molecule is Cc1ccc2c(NS(=O)(=O)Cc3ccccc3F)c(F)ccc2c1Oc1ncncc1-c1ccnc(N[C@@H]2CNC[C@@H](F)C2)n1. The zero-order valence-corrected chi connectivity index (χ0v) is 24.8. The molecule has 1 aliphatic heterocycles. The summed E-state index contributed by atoms with van der Waals surface area (Å²) in [6.45, 7) is 2.66. The zero-order chi connectivity index (χ0) is 31.6. The second-order valence-corrected chi connectivity index (χ2v) is 12.3. The molecule has 0 aliphatic carbocycles. The highest BCUT2D eigenvalue weighted by Gasteiger charge is 2.23. The van der Waals surface area contributed by atoms with E-state index in [9.17, 15) is 17.2 Å². The summed E-state index contributed by atoms with van der Waals surface area (Å²) in [5, 5.41) is 6.81. The van der Waals surface area contributed by atoms with Gasteiger partial charge in [0.25, 0.3) is 0 Å². The molecule has 1 aliphatic rings.